The fraction of sp³-hybridized carbons (Fsp3) is 0.500. The van der Waals surface area contributed by atoms with Gasteiger partial charge in [0.15, 0.2) is 17.5 Å². The van der Waals surface area contributed by atoms with Crippen molar-refractivity contribution in [3.63, 3.8) is 0 Å². The molecular weight excluding hydrogens is 200 g/mol. The van der Waals surface area contributed by atoms with Crippen molar-refractivity contribution in [2.45, 2.75) is 12.2 Å². The van der Waals surface area contributed by atoms with Crippen LogP contribution in [-0.4, -0.2) is 34.9 Å². The zero-order valence-electron chi connectivity index (χ0n) is 7.62. The highest BCUT2D eigenvalue weighted by molar-refractivity contribution is 6.23. The average Bonchev–Trinajstić information content (AvgIpc) is 2.79. The molecule has 3 rings (SSSR count). The molecular formula is C10H8O5. The Morgan fingerprint density at radius 2 is 1.60 bits per heavy atom. The lowest BCUT2D eigenvalue weighted by Gasteiger charge is -2.12. The van der Waals surface area contributed by atoms with Crippen molar-refractivity contribution in [1.82, 2.24) is 0 Å². The molecule has 5 nitrogen and oxygen atoms in total. The third kappa shape index (κ3) is 0.885. The number of ether oxygens (including phenoxy) is 1. The van der Waals surface area contributed by atoms with Crippen LogP contribution in [0.15, 0.2) is 12.2 Å². The molecule has 1 saturated heterocycles. The van der Waals surface area contributed by atoms with E-state index in [0.29, 0.717) is 0 Å². The van der Waals surface area contributed by atoms with Crippen LogP contribution in [0.5, 0.6) is 0 Å². The number of rotatable bonds is 1. The molecule has 0 aromatic rings. The van der Waals surface area contributed by atoms with Gasteiger partial charge in [-0.05, 0) is 0 Å². The first kappa shape index (κ1) is 8.79. The third-order valence-corrected chi connectivity index (χ3v) is 3.37. The molecule has 0 radical (unpaired) electrons. The van der Waals surface area contributed by atoms with Gasteiger partial charge in [-0.1, -0.05) is 12.2 Å². The average molecular weight is 208 g/mol. The number of hydrogen-bond acceptors (Lipinski definition) is 4. The Morgan fingerprint density at radius 3 is 2.00 bits per heavy atom. The van der Waals surface area contributed by atoms with E-state index in [1.165, 1.54) is 0 Å². The number of carbonyl (C=O) groups is 3. The summed E-state index contributed by atoms with van der Waals surface area (Å²) in [6.07, 6.45) is 2.70. The lowest BCUT2D eigenvalue weighted by Crippen LogP contribution is -2.29. The van der Waals surface area contributed by atoms with E-state index in [2.05, 4.69) is 0 Å². The van der Waals surface area contributed by atoms with Crippen molar-refractivity contribution in [1.29, 1.82) is 0 Å². The van der Waals surface area contributed by atoms with Gasteiger partial charge >= 0.3 is 5.97 Å². The van der Waals surface area contributed by atoms with Crippen LogP contribution in [-0.2, 0) is 19.1 Å². The predicted molar refractivity (Wildman–Crippen MR) is 45.9 cm³/mol. The van der Waals surface area contributed by atoms with Gasteiger partial charge in [-0.3, -0.25) is 14.4 Å². The Labute approximate surface area is 84.7 Å². The summed E-state index contributed by atoms with van der Waals surface area (Å²) in [5, 5.41) is 8.80. The summed E-state index contributed by atoms with van der Waals surface area (Å²) in [6.45, 7) is 0. The second-order valence-electron chi connectivity index (χ2n) is 4.08. The van der Waals surface area contributed by atoms with E-state index in [0.717, 1.165) is 0 Å². The molecule has 0 aromatic heterocycles. The number of aliphatic carboxylic acids is 1. The summed E-state index contributed by atoms with van der Waals surface area (Å²) in [7, 11) is 0. The lowest BCUT2D eigenvalue weighted by atomic mass is 9.85. The number of hydrogen-bond donors (Lipinski definition) is 1. The third-order valence-electron chi connectivity index (χ3n) is 3.37. The quantitative estimate of drug-likeness (QED) is 0.460. The molecule has 0 aromatic carbocycles. The second kappa shape index (κ2) is 2.55. The molecule has 3 aliphatic rings. The maximum atomic E-state index is 11.7. The molecule has 78 valence electrons. The molecule has 0 spiro atoms. The number of carboxylic acids is 1. The van der Waals surface area contributed by atoms with Crippen molar-refractivity contribution < 1.29 is 24.2 Å². The SMILES string of the molecule is O=C(O)C1C(=O)C2C3C=CC(O3)C2C1=O. The summed E-state index contributed by atoms with van der Waals surface area (Å²) < 4.78 is 5.36. The molecule has 1 saturated carbocycles. The standard InChI is InChI=1S/C10H8O5/c11-8-5-3-1-2-4(15-3)6(5)9(12)7(8)10(13)14/h1-7H,(H,13,14). The largest absolute Gasteiger partial charge is 0.480 e. The Kier molecular flexibility index (Phi) is 1.49. The number of Topliss-reactive ketones (excluding diaryl/α,β-unsaturated/α-hetero) is 2. The molecule has 4 atom stereocenters. The van der Waals surface area contributed by atoms with E-state index in [-0.39, 0.29) is 12.2 Å². The second-order valence-corrected chi connectivity index (χ2v) is 4.08. The van der Waals surface area contributed by atoms with Crippen LogP contribution in [0.2, 0.25) is 0 Å². The number of carbonyl (C=O) groups excluding carboxylic acids is 2. The van der Waals surface area contributed by atoms with Crippen LogP contribution in [0, 0.1) is 17.8 Å². The monoisotopic (exact) mass is 208 g/mol. The summed E-state index contributed by atoms with van der Waals surface area (Å²) in [6, 6.07) is 0. The predicted octanol–water partition coefficient (Wildman–Crippen LogP) is -0.591. The van der Waals surface area contributed by atoms with Crippen LogP contribution in [0.4, 0.5) is 0 Å². The van der Waals surface area contributed by atoms with E-state index in [9.17, 15) is 14.4 Å². The van der Waals surface area contributed by atoms with Gasteiger partial charge in [0.05, 0.1) is 24.0 Å². The Bertz CT molecular complexity index is 380. The van der Waals surface area contributed by atoms with E-state index in [4.69, 9.17) is 9.84 Å². The highest BCUT2D eigenvalue weighted by Gasteiger charge is 2.63. The van der Waals surface area contributed by atoms with Gasteiger partial charge in [-0.25, -0.2) is 0 Å². The molecule has 2 heterocycles. The normalized spacial score (nSPS) is 46.3. The fourth-order valence-electron chi connectivity index (χ4n) is 2.75. The number of ketones is 2. The van der Waals surface area contributed by atoms with Gasteiger partial charge in [-0.15, -0.1) is 0 Å². The van der Waals surface area contributed by atoms with Gasteiger partial charge in [0.1, 0.15) is 0 Å². The molecule has 0 amide bonds. The summed E-state index contributed by atoms with van der Waals surface area (Å²) in [5.41, 5.74) is 0. The molecule has 1 N–H and O–H groups in total. The lowest BCUT2D eigenvalue weighted by molar-refractivity contribution is -0.149. The van der Waals surface area contributed by atoms with E-state index >= 15 is 0 Å². The summed E-state index contributed by atoms with van der Waals surface area (Å²) in [5.74, 6) is -4.90. The van der Waals surface area contributed by atoms with Gasteiger partial charge in [0.2, 0.25) is 0 Å². The fourth-order valence-corrected chi connectivity index (χ4v) is 2.75. The minimum absolute atomic E-state index is 0.388. The maximum absolute atomic E-state index is 11.7. The molecule has 1 aliphatic carbocycles. The molecule has 2 fully saturated rings. The van der Waals surface area contributed by atoms with Crippen molar-refractivity contribution in [3.8, 4) is 0 Å². The minimum Gasteiger partial charge on any atom is -0.480 e. The Morgan fingerprint density at radius 1 is 1.13 bits per heavy atom. The van der Waals surface area contributed by atoms with Gasteiger partial charge in [-0.2, -0.15) is 0 Å². The highest BCUT2D eigenvalue weighted by atomic mass is 16.5. The van der Waals surface area contributed by atoms with Crippen LogP contribution in [0.1, 0.15) is 0 Å². The number of carboxylic acid groups (broad SMARTS) is 1. The van der Waals surface area contributed by atoms with E-state index in [1.54, 1.807) is 12.2 Å². The Balaban J connectivity index is 2.03. The first-order valence-electron chi connectivity index (χ1n) is 4.75. The zero-order chi connectivity index (χ0) is 10.7. The van der Waals surface area contributed by atoms with Crippen molar-refractivity contribution in [3.05, 3.63) is 12.2 Å². The van der Waals surface area contributed by atoms with Crippen molar-refractivity contribution >= 4 is 17.5 Å². The molecule has 2 bridgehead atoms. The first-order chi connectivity index (χ1) is 7.11. The van der Waals surface area contributed by atoms with Crippen LogP contribution in [0.3, 0.4) is 0 Å². The van der Waals surface area contributed by atoms with Crippen molar-refractivity contribution in [2.24, 2.45) is 17.8 Å². The summed E-state index contributed by atoms with van der Waals surface area (Å²) in [4.78, 5) is 34.2. The Hall–Kier alpha value is -1.49. The molecule has 5 heteroatoms. The van der Waals surface area contributed by atoms with Gasteiger partial charge in [0.25, 0.3) is 0 Å². The molecule has 15 heavy (non-hydrogen) atoms. The van der Waals surface area contributed by atoms with Gasteiger partial charge in [0, 0.05) is 0 Å². The summed E-state index contributed by atoms with van der Waals surface area (Å²) >= 11 is 0. The van der Waals surface area contributed by atoms with Crippen LogP contribution in [0.25, 0.3) is 0 Å². The zero-order valence-corrected chi connectivity index (χ0v) is 7.62. The number of fused-ring (bicyclic) bond motifs is 5. The highest BCUT2D eigenvalue weighted by Crippen LogP contribution is 2.46. The maximum Gasteiger partial charge on any atom is 0.321 e. The van der Waals surface area contributed by atoms with Crippen LogP contribution < -0.4 is 0 Å². The van der Waals surface area contributed by atoms with E-state index in [1.807, 2.05) is 0 Å². The van der Waals surface area contributed by atoms with E-state index < -0.39 is 35.3 Å². The van der Waals surface area contributed by atoms with Gasteiger partial charge < -0.3 is 9.84 Å². The first-order valence-corrected chi connectivity index (χ1v) is 4.75. The molecule has 2 aliphatic heterocycles. The van der Waals surface area contributed by atoms with Crippen molar-refractivity contribution in [2.75, 3.05) is 0 Å². The van der Waals surface area contributed by atoms with Crippen LogP contribution >= 0.6 is 0 Å². The molecule has 4 unspecified atom stereocenters. The smallest absolute Gasteiger partial charge is 0.321 e. The minimum atomic E-state index is -1.46. The topological polar surface area (TPSA) is 80.7 Å².